The van der Waals surface area contributed by atoms with E-state index in [0.717, 1.165) is 38.7 Å². The highest BCUT2D eigenvalue weighted by Gasteiger charge is 2.17. The van der Waals surface area contributed by atoms with E-state index in [0.29, 0.717) is 16.8 Å². The molecule has 0 unspecified atom stereocenters. The summed E-state index contributed by atoms with van der Waals surface area (Å²) in [6, 6.07) is 31.1. The number of nitrogens with zero attached hydrogens (tertiary/aromatic N) is 4. The molecule has 0 saturated carbocycles. The Morgan fingerprint density at radius 1 is 0.781 bits per heavy atom. The van der Waals surface area contributed by atoms with Crippen LogP contribution >= 0.6 is 0 Å². The fourth-order valence-electron chi connectivity index (χ4n) is 4.03. The summed E-state index contributed by atoms with van der Waals surface area (Å²) < 4.78 is 2.05. The molecular formula is C27H17N5. The molecule has 0 fully saturated rings. The number of nitrogen functional groups attached to an aromatic ring is 1. The Morgan fingerprint density at radius 3 is 2.19 bits per heavy atom. The van der Waals surface area contributed by atoms with Crippen LogP contribution in [0, 0.1) is 22.7 Å². The maximum Gasteiger partial charge on any atom is 0.0992 e. The van der Waals surface area contributed by atoms with Crippen molar-refractivity contribution in [2.24, 2.45) is 4.99 Å². The fraction of sp³-hybridized carbons (Fsp3) is 0. The van der Waals surface area contributed by atoms with Crippen LogP contribution in [0.2, 0.25) is 0 Å². The molecule has 1 heterocycles. The van der Waals surface area contributed by atoms with Gasteiger partial charge in [0.05, 0.1) is 40.0 Å². The van der Waals surface area contributed by atoms with Gasteiger partial charge in [0.25, 0.3) is 0 Å². The number of benzene rings is 4. The van der Waals surface area contributed by atoms with E-state index in [1.807, 2.05) is 60.7 Å². The van der Waals surface area contributed by atoms with Gasteiger partial charge in [-0.3, -0.25) is 4.99 Å². The zero-order valence-electron chi connectivity index (χ0n) is 17.0. The van der Waals surface area contributed by atoms with Crippen molar-refractivity contribution in [3.8, 4) is 17.8 Å². The zero-order valence-corrected chi connectivity index (χ0v) is 17.0. The molecule has 150 valence electrons. The Hall–Kier alpha value is -4.87. The third-order valence-electron chi connectivity index (χ3n) is 5.44. The van der Waals surface area contributed by atoms with Crippen molar-refractivity contribution in [3.63, 3.8) is 0 Å². The summed E-state index contributed by atoms with van der Waals surface area (Å²) in [6.07, 6.45) is 1.78. The number of hydrogen-bond donors (Lipinski definition) is 1. The Labute approximate surface area is 184 Å². The van der Waals surface area contributed by atoms with E-state index in [-0.39, 0.29) is 0 Å². The molecule has 1 aromatic heterocycles. The summed E-state index contributed by atoms with van der Waals surface area (Å²) in [5, 5.41) is 21.1. The lowest BCUT2D eigenvalue weighted by Crippen LogP contribution is -2.01. The second kappa shape index (κ2) is 7.75. The van der Waals surface area contributed by atoms with Crippen LogP contribution in [0.5, 0.6) is 0 Å². The van der Waals surface area contributed by atoms with Crippen molar-refractivity contribution in [1.29, 1.82) is 10.5 Å². The summed E-state index contributed by atoms with van der Waals surface area (Å²) in [6.45, 7) is 0. The first kappa shape index (κ1) is 19.1. The quantitative estimate of drug-likeness (QED) is 0.298. The van der Waals surface area contributed by atoms with Gasteiger partial charge in [-0.2, -0.15) is 10.5 Å². The zero-order chi connectivity index (χ0) is 22.1. The maximum absolute atomic E-state index is 9.51. The molecular weight excluding hydrogens is 394 g/mol. The highest BCUT2D eigenvalue weighted by molar-refractivity contribution is 6.16. The molecule has 0 aliphatic heterocycles. The average molecular weight is 411 g/mol. The Balaban J connectivity index is 1.88. The normalized spacial score (nSPS) is 11.1. The predicted molar refractivity (Wildman–Crippen MR) is 128 cm³/mol. The summed E-state index contributed by atoms with van der Waals surface area (Å²) in [5.41, 5.74) is 12.0. The van der Waals surface area contributed by atoms with E-state index in [1.54, 1.807) is 24.4 Å². The predicted octanol–water partition coefficient (Wildman–Crippen LogP) is 5.86. The molecule has 2 N–H and O–H groups in total. The number of para-hydroxylation sites is 2. The van der Waals surface area contributed by atoms with Crippen molar-refractivity contribution < 1.29 is 0 Å². The van der Waals surface area contributed by atoms with E-state index in [9.17, 15) is 10.5 Å². The average Bonchev–Trinajstić information content (AvgIpc) is 3.18. The number of fused-ring (bicyclic) bond motifs is 3. The third kappa shape index (κ3) is 3.15. The van der Waals surface area contributed by atoms with Crippen LogP contribution in [-0.4, -0.2) is 10.8 Å². The van der Waals surface area contributed by atoms with Crippen LogP contribution in [-0.2, 0) is 0 Å². The topological polar surface area (TPSA) is 90.9 Å². The van der Waals surface area contributed by atoms with Gasteiger partial charge in [0.1, 0.15) is 0 Å². The van der Waals surface area contributed by atoms with Crippen LogP contribution < -0.4 is 5.73 Å². The number of anilines is 1. The van der Waals surface area contributed by atoms with E-state index >= 15 is 0 Å². The number of aliphatic imine (C=N–C) groups is 1. The summed E-state index contributed by atoms with van der Waals surface area (Å²) in [7, 11) is 0. The molecule has 4 aromatic carbocycles. The number of nitrogens with two attached hydrogens (primary N) is 1. The largest absolute Gasteiger partial charge is 0.398 e. The van der Waals surface area contributed by atoms with Gasteiger partial charge in [-0.15, -0.1) is 0 Å². The minimum atomic E-state index is 0.424. The van der Waals surface area contributed by atoms with E-state index in [4.69, 9.17) is 5.73 Å². The lowest BCUT2D eigenvalue weighted by molar-refractivity contribution is 1.17. The van der Waals surface area contributed by atoms with Gasteiger partial charge in [-0.25, -0.2) is 0 Å². The van der Waals surface area contributed by atoms with Gasteiger partial charge in [0, 0.05) is 33.9 Å². The molecule has 0 atom stereocenters. The minimum Gasteiger partial charge on any atom is -0.398 e. The summed E-state index contributed by atoms with van der Waals surface area (Å²) in [4.78, 5) is 4.64. The maximum atomic E-state index is 9.51. The fourth-order valence-corrected chi connectivity index (χ4v) is 4.03. The van der Waals surface area contributed by atoms with Crippen LogP contribution in [0.25, 0.3) is 27.5 Å². The van der Waals surface area contributed by atoms with E-state index in [2.05, 4.69) is 27.8 Å². The molecule has 0 saturated heterocycles. The highest BCUT2D eigenvalue weighted by atomic mass is 15.0. The second-order valence-corrected chi connectivity index (χ2v) is 7.40. The number of rotatable bonds is 3. The molecule has 5 aromatic rings. The molecule has 0 radical (unpaired) electrons. The first-order chi connectivity index (χ1) is 15.7. The Bertz CT molecular complexity index is 1560. The van der Waals surface area contributed by atoms with E-state index < -0.39 is 0 Å². The van der Waals surface area contributed by atoms with Crippen molar-refractivity contribution in [1.82, 2.24) is 4.57 Å². The standard InChI is InChI=1S/C27H17N5/c28-15-18-12-19(16-29)14-21(13-18)32-26-9-5-4-8-22(26)23-10-11-25(30)24(27(23)32)17-31-20-6-2-1-3-7-20/h1-14,17H,30H2. The first-order valence-corrected chi connectivity index (χ1v) is 10.1. The van der Waals surface area contributed by atoms with Gasteiger partial charge < -0.3 is 10.3 Å². The Morgan fingerprint density at radius 2 is 1.47 bits per heavy atom. The molecule has 0 aliphatic carbocycles. The monoisotopic (exact) mass is 411 g/mol. The molecule has 5 heteroatoms. The van der Waals surface area contributed by atoms with Gasteiger partial charge in [0.2, 0.25) is 0 Å². The summed E-state index contributed by atoms with van der Waals surface area (Å²) in [5.74, 6) is 0. The van der Waals surface area contributed by atoms with Gasteiger partial charge in [-0.1, -0.05) is 42.5 Å². The molecule has 0 aliphatic rings. The molecule has 5 nitrogen and oxygen atoms in total. The van der Waals surface area contributed by atoms with Gasteiger partial charge in [-0.05, 0) is 42.5 Å². The minimum absolute atomic E-state index is 0.424. The molecule has 5 rings (SSSR count). The molecule has 0 bridgehead atoms. The molecule has 32 heavy (non-hydrogen) atoms. The van der Waals surface area contributed by atoms with Crippen molar-refractivity contribution in [2.75, 3.05) is 5.73 Å². The second-order valence-electron chi connectivity index (χ2n) is 7.40. The van der Waals surface area contributed by atoms with E-state index in [1.165, 1.54) is 0 Å². The summed E-state index contributed by atoms with van der Waals surface area (Å²) >= 11 is 0. The van der Waals surface area contributed by atoms with Crippen LogP contribution in [0.3, 0.4) is 0 Å². The number of nitriles is 2. The van der Waals surface area contributed by atoms with Crippen LogP contribution in [0.15, 0.2) is 89.9 Å². The number of hydrogen-bond acceptors (Lipinski definition) is 4. The highest BCUT2D eigenvalue weighted by Crippen LogP contribution is 2.36. The van der Waals surface area contributed by atoms with Crippen molar-refractivity contribution in [2.45, 2.75) is 0 Å². The first-order valence-electron chi connectivity index (χ1n) is 10.1. The molecule has 0 amide bonds. The van der Waals surface area contributed by atoms with Gasteiger partial charge in [0.15, 0.2) is 0 Å². The number of aromatic nitrogens is 1. The van der Waals surface area contributed by atoms with Crippen LogP contribution in [0.1, 0.15) is 16.7 Å². The van der Waals surface area contributed by atoms with Crippen molar-refractivity contribution in [3.05, 3.63) is 102 Å². The van der Waals surface area contributed by atoms with Crippen LogP contribution in [0.4, 0.5) is 11.4 Å². The van der Waals surface area contributed by atoms with Gasteiger partial charge >= 0.3 is 0 Å². The SMILES string of the molecule is N#Cc1cc(C#N)cc(-n2c3ccccc3c3ccc(N)c(C=Nc4ccccc4)c32)c1. The molecule has 0 spiro atoms. The smallest absolute Gasteiger partial charge is 0.0992 e. The van der Waals surface area contributed by atoms with Crippen molar-refractivity contribution >= 4 is 39.4 Å². The lowest BCUT2D eigenvalue weighted by Gasteiger charge is -2.12. The lowest BCUT2D eigenvalue weighted by atomic mass is 10.1. The third-order valence-corrected chi connectivity index (χ3v) is 5.44. The Kier molecular flexibility index (Phi) is 4.63.